The van der Waals surface area contributed by atoms with E-state index in [1.165, 1.54) is 6.33 Å². The third-order valence-corrected chi connectivity index (χ3v) is 5.81. The average Bonchev–Trinajstić information content (AvgIpc) is 2.69. The molecular formula is C20H23N3O2. The summed E-state index contributed by atoms with van der Waals surface area (Å²) in [6.45, 7) is 0.551. The number of amides is 1. The Bertz CT molecular complexity index is 737. The first-order valence-corrected chi connectivity index (χ1v) is 9.05. The Hall–Kier alpha value is -2.27. The van der Waals surface area contributed by atoms with Crippen LogP contribution in [0.4, 0.5) is 0 Å². The van der Waals surface area contributed by atoms with Crippen LogP contribution in [0.5, 0.6) is 0 Å². The summed E-state index contributed by atoms with van der Waals surface area (Å²) in [4.78, 5) is 22.9. The predicted molar refractivity (Wildman–Crippen MR) is 93.8 cm³/mol. The Balaban J connectivity index is 1.66. The van der Waals surface area contributed by atoms with Crippen LogP contribution in [-0.4, -0.2) is 38.5 Å². The molecule has 25 heavy (non-hydrogen) atoms. The van der Waals surface area contributed by atoms with E-state index in [0.717, 1.165) is 31.2 Å². The molecule has 0 unspecified atom stereocenters. The molecule has 4 rings (SSSR count). The number of nitrogens with zero attached hydrogens (tertiary/aromatic N) is 3. The highest BCUT2D eigenvalue weighted by Gasteiger charge is 2.50. The van der Waals surface area contributed by atoms with Gasteiger partial charge in [0, 0.05) is 24.7 Å². The molecule has 0 bridgehead atoms. The summed E-state index contributed by atoms with van der Waals surface area (Å²) in [5.41, 5.74) is 0.555. The molecule has 1 saturated carbocycles. The molecule has 2 aromatic rings. The zero-order valence-electron chi connectivity index (χ0n) is 14.2. The van der Waals surface area contributed by atoms with E-state index >= 15 is 0 Å². The summed E-state index contributed by atoms with van der Waals surface area (Å²) < 4.78 is 0. The van der Waals surface area contributed by atoms with Crippen LogP contribution in [0.25, 0.3) is 0 Å². The van der Waals surface area contributed by atoms with E-state index in [0.29, 0.717) is 18.7 Å². The molecule has 3 atom stereocenters. The van der Waals surface area contributed by atoms with Crippen LogP contribution in [0.3, 0.4) is 0 Å². The molecule has 0 spiro atoms. The molecule has 2 heterocycles. The van der Waals surface area contributed by atoms with E-state index in [2.05, 4.69) is 9.97 Å². The Labute approximate surface area is 147 Å². The third kappa shape index (κ3) is 2.82. The summed E-state index contributed by atoms with van der Waals surface area (Å²) in [6.07, 6.45) is 7.67. The van der Waals surface area contributed by atoms with E-state index < -0.39 is 5.60 Å². The Kier molecular flexibility index (Phi) is 4.25. The van der Waals surface area contributed by atoms with Gasteiger partial charge in [0.15, 0.2) is 0 Å². The Morgan fingerprint density at radius 1 is 1.16 bits per heavy atom. The average molecular weight is 337 g/mol. The van der Waals surface area contributed by atoms with Crippen LogP contribution in [-0.2, 0) is 5.60 Å². The van der Waals surface area contributed by atoms with E-state index in [4.69, 9.17) is 0 Å². The van der Waals surface area contributed by atoms with Crippen LogP contribution in [0, 0.1) is 5.92 Å². The highest BCUT2D eigenvalue weighted by Crippen LogP contribution is 2.47. The lowest BCUT2D eigenvalue weighted by Crippen LogP contribution is -2.59. The van der Waals surface area contributed by atoms with Gasteiger partial charge in [0.1, 0.15) is 12.0 Å². The molecule has 5 nitrogen and oxygen atoms in total. The highest BCUT2D eigenvalue weighted by atomic mass is 16.3. The number of piperidine rings is 1. The lowest BCUT2D eigenvalue weighted by atomic mass is 9.66. The van der Waals surface area contributed by atoms with Crippen molar-refractivity contribution in [2.24, 2.45) is 5.92 Å². The topological polar surface area (TPSA) is 66.3 Å². The number of fused-ring (bicyclic) bond motifs is 1. The van der Waals surface area contributed by atoms with Gasteiger partial charge in [0.05, 0.1) is 5.60 Å². The fourth-order valence-corrected chi connectivity index (χ4v) is 4.59. The molecular weight excluding hydrogens is 314 g/mol. The molecule has 0 radical (unpaired) electrons. The van der Waals surface area contributed by atoms with Crippen molar-refractivity contribution in [2.45, 2.75) is 43.7 Å². The van der Waals surface area contributed by atoms with Gasteiger partial charge in [-0.05, 0) is 30.9 Å². The van der Waals surface area contributed by atoms with Gasteiger partial charge >= 0.3 is 0 Å². The van der Waals surface area contributed by atoms with Gasteiger partial charge in [-0.1, -0.05) is 43.2 Å². The zero-order chi connectivity index (χ0) is 17.3. The van der Waals surface area contributed by atoms with Gasteiger partial charge < -0.3 is 10.0 Å². The maximum atomic E-state index is 13.0. The van der Waals surface area contributed by atoms with Gasteiger partial charge in [-0.25, -0.2) is 9.97 Å². The SMILES string of the molecule is O=C(c1ccncn1)N1CC[C@](O)(c2ccccc2)[C@H]2CCCC[C@H]21. The number of carbonyl (C=O) groups is 1. The van der Waals surface area contributed by atoms with Crippen molar-refractivity contribution in [2.75, 3.05) is 6.54 Å². The summed E-state index contributed by atoms with van der Waals surface area (Å²) >= 11 is 0. The highest BCUT2D eigenvalue weighted by molar-refractivity contribution is 5.92. The van der Waals surface area contributed by atoms with Crippen molar-refractivity contribution in [1.29, 1.82) is 0 Å². The normalized spacial score (nSPS) is 29.1. The minimum absolute atomic E-state index is 0.0468. The van der Waals surface area contributed by atoms with Crippen LogP contribution in [0.1, 0.15) is 48.2 Å². The summed E-state index contributed by atoms with van der Waals surface area (Å²) in [5.74, 6) is 0.0256. The minimum Gasteiger partial charge on any atom is -0.385 e. The molecule has 1 aliphatic carbocycles. The zero-order valence-corrected chi connectivity index (χ0v) is 14.2. The second-order valence-corrected chi connectivity index (χ2v) is 7.09. The van der Waals surface area contributed by atoms with Gasteiger partial charge in [-0.15, -0.1) is 0 Å². The van der Waals surface area contributed by atoms with Crippen LogP contribution in [0.2, 0.25) is 0 Å². The Morgan fingerprint density at radius 2 is 1.96 bits per heavy atom. The molecule has 1 aliphatic heterocycles. The second-order valence-electron chi connectivity index (χ2n) is 7.09. The summed E-state index contributed by atoms with van der Waals surface area (Å²) in [5, 5.41) is 11.5. The van der Waals surface area contributed by atoms with E-state index in [-0.39, 0.29) is 17.9 Å². The smallest absolute Gasteiger partial charge is 0.272 e. The molecule has 5 heteroatoms. The van der Waals surface area contributed by atoms with E-state index in [1.54, 1.807) is 12.3 Å². The molecule has 1 aromatic heterocycles. The number of hydrogen-bond acceptors (Lipinski definition) is 4. The van der Waals surface area contributed by atoms with Crippen molar-refractivity contribution in [1.82, 2.24) is 14.9 Å². The molecule has 1 aromatic carbocycles. The predicted octanol–water partition coefficient (Wildman–Crippen LogP) is 2.77. The number of likely N-dealkylation sites (tertiary alicyclic amines) is 1. The largest absolute Gasteiger partial charge is 0.385 e. The van der Waals surface area contributed by atoms with Gasteiger partial charge in [-0.3, -0.25) is 4.79 Å². The molecule has 1 amide bonds. The number of carbonyl (C=O) groups excluding carboxylic acids is 1. The quantitative estimate of drug-likeness (QED) is 0.915. The van der Waals surface area contributed by atoms with E-state index in [1.807, 2.05) is 35.2 Å². The third-order valence-electron chi connectivity index (χ3n) is 5.81. The fourth-order valence-electron chi connectivity index (χ4n) is 4.59. The number of aromatic nitrogens is 2. The number of hydrogen-bond donors (Lipinski definition) is 1. The first-order chi connectivity index (χ1) is 12.2. The van der Waals surface area contributed by atoms with Crippen molar-refractivity contribution >= 4 is 5.91 Å². The van der Waals surface area contributed by atoms with Gasteiger partial charge in [0.25, 0.3) is 5.91 Å². The minimum atomic E-state index is -0.852. The molecule has 1 saturated heterocycles. The Morgan fingerprint density at radius 3 is 2.72 bits per heavy atom. The first-order valence-electron chi connectivity index (χ1n) is 9.05. The van der Waals surface area contributed by atoms with Crippen molar-refractivity contribution in [3.05, 3.63) is 60.2 Å². The molecule has 2 aliphatic rings. The number of rotatable bonds is 2. The van der Waals surface area contributed by atoms with Crippen molar-refractivity contribution in [3.8, 4) is 0 Å². The standard InChI is InChI=1S/C20H23N3O2/c24-19(17-10-12-21-14-22-17)23-13-11-20(25,15-6-2-1-3-7-15)16-8-4-5-9-18(16)23/h1-3,6-7,10,12,14,16,18,25H,4-5,8-9,11,13H2/t16-,18+,20-/m0/s1. The molecule has 1 N–H and O–H groups in total. The summed E-state index contributed by atoms with van der Waals surface area (Å²) in [6, 6.07) is 11.7. The van der Waals surface area contributed by atoms with Crippen molar-refractivity contribution in [3.63, 3.8) is 0 Å². The molecule has 130 valence electrons. The van der Waals surface area contributed by atoms with Crippen LogP contribution in [0.15, 0.2) is 48.9 Å². The monoisotopic (exact) mass is 337 g/mol. The maximum Gasteiger partial charge on any atom is 0.272 e. The molecule has 2 fully saturated rings. The van der Waals surface area contributed by atoms with E-state index in [9.17, 15) is 9.90 Å². The number of aliphatic hydroxyl groups is 1. The van der Waals surface area contributed by atoms with Gasteiger partial charge in [-0.2, -0.15) is 0 Å². The van der Waals surface area contributed by atoms with Crippen LogP contribution < -0.4 is 0 Å². The first kappa shape index (κ1) is 16.2. The van der Waals surface area contributed by atoms with Crippen molar-refractivity contribution < 1.29 is 9.90 Å². The lowest BCUT2D eigenvalue weighted by Gasteiger charge is -2.52. The van der Waals surface area contributed by atoms with Crippen LogP contribution >= 0.6 is 0 Å². The van der Waals surface area contributed by atoms with Gasteiger partial charge in [0.2, 0.25) is 0 Å². The maximum absolute atomic E-state index is 13.0. The fraction of sp³-hybridized carbons (Fsp3) is 0.450. The lowest BCUT2D eigenvalue weighted by molar-refractivity contribution is -0.110. The number of benzene rings is 1. The summed E-state index contributed by atoms with van der Waals surface area (Å²) in [7, 11) is 0. The second kappa shape index (κ2) is 6.56.